The number of hydrogen-bond donors (Lipinski definition) is 1. The number of nitrogens with one attached hydrogen (secondary N) is 1. The molecule has 31 heavy (non-hydrogen) atoms. The predicted molar refractivity (Wildman–Crippen MR) is 122 cm³/mol. The zero-order valence-corrected chi connectivity index (χ0v) is 17.7. The Morgan fingerprint density at radius 3 is 2.23 bits per heavy atom. The van der Waals surface area contributed by atoms with Gasteiger partial charge in [0.05, 0.1) is 5.69 Å². The number of para-hydroxylation sites is 3. The van der Waals surface area contributed by atoms with E-state index in [4.69, 9.17) is 16.3 Å². The molecule has 158 valence electrons. The largest absolute Gasteiger partial charge is 0.455 e. The molecule has 1 fully saturated rings. The number of benzene rings is 3. The zero-order valence-electron chi connectivity index (χ0n) is 17.0. The highest BCUT2D eigenvalue weighted by molar-refractivity contribution is 6.30. The van der Waals surface area contributed by atoms with Crippen molar-refractivity contribution in [2.45, 2.75) is 12.8 Å². The minimum Gasteiger partial charge on any atom is -0.455 e. The Morgan fingerprint density at radius 2 is 1.52 bits per heavy atom. The van der Waals surface area contributed by atoms with Gasteiger partial charge in [0.25, 0.3) is 5.91 Å². The first-order valence-corrected chi connectivity index (χ1v) is 10.7. The van der Waals surface area contributed by atoms with Crippen LogP contribution in [-0.4, -0.2) is 29.8 Å². The maximum atomic E-state index is 12.9. The van der Waals surface area contributed by atoms with Crippen molar-refractivity contribution in [2.75, 3.05) is 18.4 Å². The van der Waals surface area contributed by atoms with Gasteiger partial charge in [0.15, 0.2) is 5.75 Å². The summed E-state index contributed by atoms with van der Waals surface area (Å²) in [5, 5.41) is 3.60. The number of rotatable bonds is 5. The van der Waals surface area contributed by atoms with Crippen LogP contribution >= 0.6 is 11.6 Å². The Bertz CT molecular complexity index is 1050. The summed E-state index contributed by atoms with van der Waals surface area (Å²) in [6, 6.07) is 23.7. The highest BCUT2D eigenvalue weighted by Crippen LogP contribution is 2.30. The van der Waals surface area contributed by atoms with Crippen LogP contribution in [-0.2, 0) is 4.79 Å². The second kappa shape index (κ2) is 9.67. The van der Waals surface area contributed by atoms with Gasteiger partial charge in [0.1, 0.15) is 5.75 Å². The van der Waals surface area contributed by atoms with E-state index in [9.17, 15) is 9.59 Å². The lowest BCUT2D eigenvalue weighted by atomic mass is 9.95. The molecule has 3 aromatic rings. The molecule has 0 unspecified atom stereocenters. The number of piperidine rings is 1. The van der Waals surface area contributed by atoms with E-state index in [0.29, 0.717) is 53.7 Å². The number of amides is 2. The molecule has 1 aliphatic heterocycles. The monoisotopic (exact) mass is 434 g/mol. The SMILES string of the molecule is O=C(Nc1ccccc1Oc1ccccc1)C1CCN(C(=O)c2ccc(Cl)cc2)CC1. The van der Waals surface area contributed by atoms with Gasteiger partial charge in [-0.15, -0.1) is 0 Å². The highest BCUT2D eigenvalue weighted by Gasteiger charge is 2.28. The molecule has 0 radical (unpaired) electrons. The van der Waals surface area contributed by atoms with E-state index < -0.39 is 0 Å². The number of nitrogens with zero attached hydrogens (tertiary/aromatic N) is 1. The lowest BCUT2D eigenvalue weighted by Gasteiger charge is -2.31. The van der Waals surface area contributed by atoms with E-state index in [1.807, 2.05) is 54.6 Å². The van der Waals surface area contributed by atoms with Crippen LogP contribution in [0, 0.1) is 5.92 Å². The standard InChI is InChI=1S/C25H23ClN2O3/c26-20-12-10-19(11-13-20)25(30)28-16-14-18(15-17-28)24(29)27-22-8-4-5-9-23(22)31-21-6-2-1-3-7-21/h1-13,18H,14-17H2,(H,27,29). The Kier molecular flexibility index (Phi) is 6.53. The zero-order chi connectivity index (χ0) is 21.6. The molecule has 0 aliphatic carbocycles. The van der Waals surface area contributed by atoms with Crippen LogP contribution in [0.5, 0.6) is 11.5 Å². The summed E-state index contributed by atoms with van der Waals surface area (Å²) in [6.45, 7) is 1.09. The van der Waals surface area contributed by atoms with Gasteiger partial charge in [-0.1, -0.05) is 41.9 Å². The van der Waals surface area contributed by atoms with E-state index in [1.165, 1.54) is 0 Å². The van der Waals surface area contributed by atoms with E-state index in [1.54, 1.807) is 29.2 Å². The number of halogens is 1. The first-order valence-electron chi connectivity index (χ1n) is 10.3. The number of carbonyl (C=O) groups is 2. The Labute approximate surface area is 186 Å². The maximum absolute atomic E-state index is 12.9. The van der Waals surface area contributed by atoms with E-state index in [0.717, 1.165) is 0 Å². The molecule has 5 nitrogen and oxygen atoms in total. The second-order valence-electron chi connectivity index (χ2n) is 7.47. The van der Waals surface area contributed by atoms with Crippen LogP contribution in [0.1, 0.15) is 23.2 Å². The lowest BCUT2D eigenvalue weighted by Crippen LogP contribution is -2.41. The third kappa shape index (κ3) is 5.25. The normalized spacial score (nSPS) is 14.2. The lowest BCUT2D eigenvalue weighted by molar-refractivity contribution is -0.121. The molecule has 0 atom stereocenters. The molecule has 0 aromatic heterocycles. The van der Waals surface area contributed by atoms with Crippen molar-refractivity contribution >= 4 is 29.1 Å². The van der Waals surface area contributed by atoms with Crippen LogP contribution in [0.3, 0.4) is 0 Å². The summed E-state index contributed by atoms with van der Waals surface area (Å²) < 4.78 is 5.93. The van der Waals surface area contributed by atoms with Gasteiger partial charge >= 0.3 is 0 Å². The molecule has 1 N–H and O–H groups in total. The average molecular weight is 435 g/mol. The summed E-state index contributed by atoms with van der Waals surface area (Å²) in [4.78, 5) is 27.3. The van der Waals surface area contributed by atoms with Crippen LogP contribution in [0.2, 0.25) is 5.02 Å². The van der Waals surface area contributed by atoms with Crippen LogP contribution < -0.4 is 10.1 Å². The topological polar surface area (TPSA) is 58.6 Å². The fourth-order valence-electron chi connectivity index (χ4n) is 3.63. The minimum absolute atomic E-state index is 0.0304. The third-order valence-corrected chi connectivity index (χ3v) is 5.61. The highest BCUT2D eigenvalue weighted by atomic mass is 35.5. The Morgan fingerprint density at radius 1 is 0.871 bits per heavy atom. The van der Waals surface area contributed by atoms with Gasteiger partial charge in [-0.25, -0.2) is 0 Å². The number of ether oxygens (including phenoxy) is 1. The number of likely N-dealkylation sites (tertiary alicyclic amines) is 1. The summed E-state index contributed by atoms with van der Waals surface area (Å²) in [5.74, 6) is 1.06. The molecule has 0 spiro atoms. The van der Waals surface area contributed by atoms with E-state index in [2.05, 4.69) is 5.32 Å². The van der Waals surface area contributed by atoms with Crippen molar-refractivity contribution in [1.29, 1.82) is 0 Å². The van der Waals surface area contributed by atoms with Crippen molar-refractivity contribution in [3.05, 3.63) is 89.4 Å². The Hall–Kier alpha value is -3.31. The summed E-state index contributed by atoms with van der Waals surface area (Å²) in [6.07, 6.45) is 1.24. The molecule has 1 aliphatic rings. The molecule has 2 amide bonds. The number of anilines is 1. The van der Waals surface area contributed by atoms with Crippen LogP contribution in [0.25, 0.3) is 0 Å². The van der Waals surface area contributed by atoms with Gasteiger partial charge in [-0.05, 0) is 61.4 Å². The maximum Gasteiger partial charge on any atom is 0.253 e. The summed E-state index contributed by atoms with van der Waals surface area (Å²) in [7, 11) is 0. The van der Waals surface area contributed by atoms with Gasteiger partial charge in [-0.3, -0.25) is 9.59 Å². The smallest absolute Gasteiger partial charge is 0.253 e. The van der Waals surface area contributed by atoms with Crippen LogP contribution in [0.4, 0.5) is 5.69 Å². The van der Waals surface area contributed by atoms with Crippen molar-refractivity contribution < 1.29 is 14.3 Å². The van der Waals surface area contributed by atoms with Crippen molar-refractivity contribution in [2.24, 2.45) is 5.92 Å². The van der Waals surface area contributed by atoms with E-state index >= 15 is 0 Å². The fourth-order valence-corrected chi connectivity index (χ4v) is 3.76. The summed E-state index contributed by atoms with van der Waals surface area (Å²) in [5.41, 5.74) is 1.25. The predicted octanol–water partition coefficient (Wildman–Crippen LogP) is 5.62. The van der Waals surface area contributed by atoms with Gasteiger partial charge in [-0.2, -0.15) is 0 Å². The van der Waals surface area contributed by atoms with Crippen molar-refractivity contribution in [1.82, 2.24) is 4.90 Å². The number of carbonyl (C=O) groups excluding carboxylic acids is 2. The molecule has 0 bridgehead atoms. The quantitative estimate of drug-likeness (QED) is 0.566. The first kappa shape index (κ1) is 20.9. The molecule has 0 saturated carbocycles. The number of hydrogen-bond acceptors (Lipinski definition) is 3. The molecular formula is C25H23ClN2O3. The molecular weight excluding hydrogens is 412 g/mol. The molecule has 1 saturated heterocycles. The van der Waals surface area contributed by atoms with E-state index in [-0.39, 0.29) is 17.7 Å². The van der Waals surface area contributed by atoms with Crippen molar-refractivity contribution in [3.8, 4) is 11.5 Å². The molecule has 4 rings (SSSR count). The van der Waals surface area contributed by atoms with Crippen LogP contribution in [0.15, 0.2) is 78.9 Å². The second-order valence-corrected chi connectivity index (χ2v) is 7.91. The Balaban J connectivity index is 1.35. The molecule has 6 heteroatoms. The molecule has 1 heterocycles. The third-order valence-electron chi connectivity index (χ3n) is 5.36. The van der Waals surface area contributed by atoms with Crippen molar-refractivity contribution in [3.63, 3.8) is 0 Å². The first-order chi connectivity index (χ1) is 15.1. The van der Waals surface area contributed by atoms with Gasteiger partial charge in [0, 0.05) is 29.6 Å². The van der Waals surface area contributed by atoms with Gasteiger partial charge < -0.3 is 15.0 Å². The van der Waals surface area contributed by atoms with Gasteiger partial charge in [0.2, 0.25) is 5.91 Å². The fraction of sp³-hybridized carbons (Fsp3) is 0.200. The molecule has 3 aromatic carbocycles. The summed E-state index contributed by atoms with van der Waals surface area (Å²) >= 11 is 5.90. The minimum atomic E-state index is -0.154. The average Bonchev–Trinajstić information content (AvgIpc) is 2.81.